The number of halogens is 1. The first-order valence-electron chi connectivity index (χ1n) is 35.5. The number of terminal acetylenes is 6. The third-order valence-corrected chi connectivity index (χ3v) is 13.2. The molecular weight excluding hydrogens is 1630 g/mol. The van der Waals surface area contributed by atoms with Crippen LogP contribution in [0.15, 0.2) is 158 Å². The maximum Gasteiger partial charge on any atom is 0.144 e. The zero-order valence-electron chi connectivity index (χ0n) is 68.0. The van der Waals surface area contributed by atoms with Gasteiger partial charge in [-0.05, 0) is 342 Å². The number of alkyl halides is 1. The minimum Gasteiger partial charge on any atom is -0.508 e. The van der Waals surface area contributed by atoms with E-state index in [0.717, 1.165) is 11.1 Å². The summed E-state index contributed by atoms with van der Waals surface area (Å²) in [4.78, 5) is -1.07. The van der Waals surface area contributed by atoms with Gasteiger partial charge in [0.15, 0.2) is 0 Å². The van der Waals surface area contributed by atoms with Crippen LogP contribution in [0.1, 0.15) is 156 Å². The first kappa shape index (κ1) is 102. The zero-order valence-corrected chi connectivity index (χ0v) is 68.8. The Balaban J connectivity index is -0.0000000121. The highest BCUT2D eigenvalue weighted by Crippen LogP contribution is 2.45. The molecule has 6 aromatic rings. The smallest absolute Gasteiger partial charge is 0.144 e. The Bertz CT molecular complexity index is 8030. The molecule has 0 aliphatic rings. The molecule has 5 nitrogen and oxygen atoms in total. The molecule has 0 unspecified atom stereocenters. The van der Waals surface area contributed by atoms with Gasteiger partial charge in [0.25, 0.3) is 0 Å². The molecule has 0 saturated carbocycles. The quantitative estimate of drug-likeness (QED) is 0.0804. The van der Waals surface area contributed by atoms with Crippen molar-refractivity contribution < 1.29 is 147 Å². The topological polar surface area (TPSA) is 79.2 Å². The van der Waals surface area contributed by atoms with E-state index in [9.17, 15) is 15.3 Å². The number of benzene rings is 6. The molecule has 0 saturated heterocycles. The molecule has 0 aliphatic heterocycles. The lowest BCUT2D eigenvalue weighted by molar-refractivity contribution is 0.125. The normalized spacial score (nSPS) is 6.39. The number of ether oxygens (including phenoxy) is 2. The van der Waals surface area contributed by atoms with Crippen LogP contribution in [-0.4, -0.2) is 15.3 Å². The second kappa shape index (κ2) is 72.8. The lowest BCUT2D eigenvalue weighted by Gasteiger charge is -2.30. The fraction of sp³-hybridized carbons (Fsp3) is 0.0159. The first-order valence-corrected chi connectivity index (χ1v) is 35.9. The van der Waals surface area contributed by atoms with E-state index in [0.29, 0.717) is 28.0 Å². The lowest BCUT2D eigenvalue weighted by atomic mass is 9.80. The Hall–Kier alpha value is -24.6. The number of phenols is 2. The van der Waals surface area contributed by atoms with Crippen LogP contribution in [0.5, 0.6) is 23.0 Å². The predicted octanol–water partition coefficient (Wildman–Crippen LogP) is 30.3. The summed E-state index contributed by atoms with van der Waals surface area (Å²) in [6.45, 7) is 0. The predicted molar refractivity (Wildman–Crippen MR) is 701 cm³/mol. The molecule has 6 aromatic carbocycles. The van der Waals surface area contributed by atoms with Gasteiger partial charge in [0.1, 0.15) is 45.7 Å². The maximum atomic E-state index is 11.9. The van der Waals surface area contributed by atoms with Crippen molar-refractivity contribution in [1.82, 2.24) is 0 Å². The largest absolute Gasteiger partial charge is 0.508 e. The molecule has 0 fully saturated rings. The highest BCUT2D eigenvalue weighted by molar-refractivity contribution is 6.28. The van der Waals surface area contributed by atoms with Crippen LogP contribution < -0.4 is 9.47 Å². The van der Waals surface area contributed by atoms with E-state index in [1.807, 2.05) is 121 Å². The van der Waals surface area contributed by atoms with E-state index < -0.39 is 10.5 Å². The molecule has 0 aliphatic carbocycles. The number of hydrogen-bond donors (Lipinski definition) is 3. The van der Waals surface area contributed by atoms with E-state index in [2.05, 4.69) is 486 Å². The zero-order chi connectivity index (χ0) is 94.6. The van der Waals surface area contributed by atoms with Gasteiger partial charge < -0.3 is 24.8 Å². The van der Waals surface area contributed by atoms with Gasteiger partial charge in [-0.2, -0.15) is 0 Å². The van der Waals surface area contributed by atoms with Crippen molar-refractivity contribution >= 4 is 11.6 Å². The van der Waals surface area contributed by atoms with Crippen LogP contribution in [0.2, 0.25) is 0 Å². The number of aromatic hydroxyl groups is 2. The average Bonchev–Trinajstić information content (AvgIpc) is 0.763. The number of aliphatic hydroxyl groups is 1. The monoisotopic (exact) mass is 1840 g/mol. The number of rotatable bonds is 8. The van der Waals surface area contributed by atoms with Crippen LogP contribution in [-0.2, 0) is 10.5 Å². The van der Waals surface area contributed by atoms with Gasteiger partial charge in [0.2, 0.25) is 0 Å². The van der Waals surface area contributed by atoms with Gasteiger partial charge >= 0.3 is 0 Å². The van der Waals surface area contributed by atoms with Crippen molar-refractivity contribution in [3.05, 3.63) is 191 Å². The Morgan fingerprint density at radius 3 is 0.523 bits per heavy atom. The van der Waals surface area contributed by atoms with Gasteiger partial charge in [-0.3, -0.25) is 0 Å². The lowest BCUT2D eigenvalue weighted by Crippen LogP contribution is -2.28. The molecule has 748 valence electrons. The van der Waals surface area contributed by atoms with Gasteiger partial charge in [0.05, 0.1) is 0 Å². The molecule has 0 spiro atoms. The minimum absolute atomic E-state index is 0. The molecule has 6 rings (SSSR count). The summed E-state index contributed by atoms with van der Waals surface area (Å²) in [7, 11) is 0. The fourth-order valence-electron chi connectivity index (χ4n) is 7.89. The van der Waals surface area contributed by atoms with Gasteiger partial charge in [-0.25, -0.2) is 0 Å². The number of hydrogen-bond acceptors (Lipinski definition) is 5. The molecule has 6 heteroatoms. The Morgan fingerprint density at radius 2 is 0.341 bits per heavy atom. The van der Waals surface area contributed by atoms with Crippen molar-refractivity contribution in [2.24, 2.45) is 0 Å². The molecule has 0 atom stereocenters. The Kier molecular flexibility index (Phi) is 56.1. The average molecular weight is 1840 g/mol. The SMILES string of the molecule is C#CC#CC#CC#CC#CC#CC#CC#CC#CC#CC#C.C#CC#CC#CC#CC#CC#CC#CC#CC#CC#CC#C.C#CC#CC#CC#CC#CC#CC#CC#CC#CC#CC#COc1cc(O)cc(C(Cl)(c2ccccc2)c2ccccc2)c1.C#CC#CC#CC#CC#CC#CC#CC#CC#CC#CC#COc1cc(O)cc(C(O)(c2ccccc2)c2ccccc2)c1.[HH].[HH].[HH].[HH].[HH].[HH].[HH].[HH].[HH].[HH].[HH].[HH].[HH].[HH].[HH].[HH].[HH].[HH].[HH].[HH].[HH].[HH].[HH].[HH].[HH].[HH].[HH].[HH].[HH].[HH].[HH].[HH].[HH].[HH].[HH].[HH].[HH].[HH].[HH].[HH].[HH].[HH].[HH].[HH].[HH].[HH].[HH].[HH].[HH].[HH].[HH].[HH].[HH].[HH].[HH].[HH].[HH].[HH].[HH].[HH].[HH].[HH].[HH].[HH].[HH].[HH].[HH].[HH].[HH].[HH].[HH].[HH].[HH].[HH].[HH].[HH].[HH].[HH].[HH].[HH].[HH].[HH].[HH].[HH].[HH].[HH]. The molecule has 0 bridgehead atoms. The molecule has 0 heterocycles. The molecule has 0 radical (unpaired) electrons. The summed E-state index contributed by atoms with van der Waals surface area (Å²) in [5.41, 5.74) is 2.41. The van der Waals surface area contributed by atoms with Crippen molar-refractivity contribution in [1.29, 1.82) is 0 Å². The van der Waals surface area contributed by atoms with E-state index in [4.69, 9.17) is 59.6 Å². The highest BCUT2D eigenvalue weighted by Gasteiger charge is 2.36. The summed E-state index contributed by atoms with van der Waals surface area (Å²) >= 11 is 7.30. The van der Waals surface area contributed by atoms with Crippen LogP contribution in [0.25, 0.3) is 0 Å². The van der Waals surface area contributed by atoms with E-state index in [-0.39, 0.29) is 140 Å². The van der Waals surface area contributed by atoms with Crippen LogP contribution >= 0.6 is 11.6 Å². The fourth-order valence-corrected chi connectivity index (χ4v) is 8.25. The van der Waals surface area contributed by atoms with E-state index >= 15 is 0 Å². The summed E-state index contributed by atoms with van der Waals surface area (Å²) in [5.74, 6) is 196. The standard InChI is InChI=1S/C41H15ClO2.C41H16O3.2C22H2.86H2/c1-2-3-4-5-6-7-8-9-10-11-12-13-14-15-16-17-18-19-20-27-32-44-40-34-38(33-39(43)35-40)41(42,36-28-23-21-24-29-36)37-30-25-22-26-31-37;1-2-3-4-5-6-7-8-9-10-11-12-13-14-15-16-17-18-19-20-27-32-44-40-34-38(33-39(42)35-40)41(43,36-28-23-21-24-29-36)37-30-25-22-26-31-37;2*1-3-5-7-9-11-13-15-17-19-21-22-20-18-16-14-12-10-8-6-4-2;;;;;;;;;;;;;;;;;;;;;;;;;;;;;;;;;;;;;;;;;;;;;;;;;;;;;;;;;;;;;;;;;;;;;;;;;;;;;;;;;;;;;;/h1,21-26,28-31,33-35,43H;1,21-26,28-31,33-35,42-43H;2*1-2H;86*1H. The third kappa shape index (κ3) is 50.1. The maximum absolute atomic E-state index is 11.9. The van der Waals surface area contributed by atoms with Gasteiger partial charge in [-0.1, -0.05) is 121 Å². The Labute approximate surface area is 907 Å². The van der Waals surface area contributed by atoms with Crippen LogP contribution in [0.3, 0.4) is 0 Å². The number of phenolic OH excluding ortho intramolecular Hbond substituents is 2. The van der Waals surface area contributed by atoms with Gasteiger partial charge in [0, 0.05) is 324 Å². The highest BCUT2D eigenvalue weighted by atomic mass is 35.5. The second-order valence-corrected chi connectivity index (χ2v) is 21.4. The third-order valence-electron chi connectivity index (χ3n) is 12.6. The Morgan fingerprint density at radius 1 is 0.189 bits per heavy atom. The molecular formula is C126H207ClO5. The van der Waals surface area contributed by atoms with Crippen molar-refractivity contribution in [3.63, 3.8) is 0 Å². The van der Waals surface area contributed by atoms with Gasteiger partial charge in [-0.15, -0.1) is 50.1 Å². The van der Waals surface area contributed by atoms with Crippen molar-refractivity contribution in [2.75, 3.05) is 0 Å². The molecule has 3 N–H and O–H groups in total. The first-order chi connectivity index (χ1) is 65.1. The molecule has 0 amide bonds. The molecule has 132 heavy (non-hydrogen) atoms. The van der Waals surface area contributed by atoms with Crippen molar-refractivity contribution in [3.8, 4) is 547 Å². The molecule has 0 aromatic heterocycles. The minimum atomic E-state index is -1.54. The van der Waals surface area contributed by atoms with Crippen LogP contribution in [0.4, 0.5) is 0 Å². The summed E-state index contributed by atoms with van der Waals surface area (Å²) in [5, 5.41) is 32.8. The summed E-state index contributed by atoms with van der Waals surface area (Å²) < 4.78 is 11.0. The van der Waals surface area contributed by atoms with E-state index in [1.54, 1.807) is 18.2 Å². The van der Waals surface area contributed by atoms with Crippen LogP contribution in [0, 0.1) is 524 Å². The summed E-state index contributed by atoms with van der Waals surface area (Å²) in [6, 6.07) is 46.8. The summed E-state index contributed by atoms with van der Waals surface area (Å²) in [6.07, 6.45) is 34.4. The van der Waals surface area contributed by atoms with E-state index in [1.165, 1.54) is 18.2 Å². The second-order valence-electron chi connectivity index (χ2n) is 20.8. The van der Waals surface area contributed by atoms with Crippen molar-refractivity contribution in [2.45, 2.75) is 10.5 Å².